The molecule has 0 saturated carbocycles. The number of nitrogens with one attached hydrogen (secondary N) is 1. The molecule has 0 bridgehead atoms. The molecule has 2 heterocycles. The van der Waals surface area contributed by atoms with E-state index >= 15 is 0 Å². The van der Waals surface area contributed by atoms with Crippen LogP contribution in [0.3, 0.4) is 0 Å². The zero-order valence-corrected chi connectivity index (χ0v) is 19.7. The van der Waals surface area contributed by atoms with Crippen LogP contribution < -0.4 is 19.5 Å². The van der Waals surface area contributed by atoms with Gasteiger partial charge in [-0.2, -0.15) is 0 Å². The van der Waals surface area contributed by atoms with Crippen molar-refractivity contribution in [1.29, 1.82) is 0 Å². The number of benzene rings is 2. The molecule has 7 heteroatoms. The van der Waals surface area contributed by atoms with Crippen LogP contribution in [0.15, 0.2) is 73.1 Å². The van der Waals surface area contributed by atoms with Crippen LogP contribution >= 0.6 is 0 Å². The quantitative estimate of drug-likeness (QED) is 0.384. The summed E-state index contributed by atoms with van der Waals surface area (Å²) in [6.07, 6.45) is 4.76. The highest BCUT2D eigenvalue weighted by molar-refractivity contribution is 5.77. The molecule has 1 unspecified atom stereocenters. The van der Waals surface area contributed by atoms with Gasteiger partial charge in [-0.25, -0.2) is 4.98 Å². The van der Waals surface area contributed by atoms with E-state index < -0.39 is 0 Å². The Morgan fingerprint density at radius 2 is 1.71 bits per heavy atom. The molecule has 0 aliphatic heterocycles. The number of pyridine rings is 1. The first-order valence-corrected chi connectivity index (χ1v) is 11.2. The first kappa shape index (κ1) is 23.2. The fourth-order valence-corrected chi connectivity index (χ4v) is 4.18. The molecule has 4 aromatic rings. The summed E-state index contributed by atoms with van der Waals surface area (Å²) in [5, 5.41) is 3.06. The Morgan fingerprint density at radius 1 is 0.941 bits per heavy atom. The highest BCUT2D eigenvalue weighted by Crippen LogP contribution is 2.34. The molecule has 1 atom stereocenters. The highest BCUT2D eigenvalue weighted by Gasteiger charge is 2.24. The van der Waals surface area contributed by atoms with Crippen LogP contribution in [-0.2, 0) is 11.2 Å². The van der Waals surface area contributed by atoms with Gasteiger partial charge < -0.3 is 23.9 Å². The van der Waals surface area contributed by atoms with Crippen LogP contribution in [0.1, 0.15) is 29.2 Å². The summed E-state index contributed by atoms with van der Waals surface area (Å²) in [6.45, 7) is 0.514. The van der Waals surface area contributed by atoms with Crippen molar-refractivity contribution in [3.8, 4) is 17.2 Å². The monoisotopic (exact) mass is 459 g/mol. The minimum absolute atomic E-state index is 0.0396. The van der Waals surface area contributed by atoms with E-state index in [0.29, 0.717) is 24.5 Å². The number of hydrogen-bond acceptors (Lipinski definition) is 5. The van der Waals surface area contributed by atoms with Gasteiger partial charge in [0, 0.05) is 36.8 Å². The molecular formula is C27H29N3O4. The first-order valence-electron chi connectivity index (χ1n) is 11.2. The largest absolute Gasteiger partial charge is 0.496 e. The maximum Gasteiger partial charge on any atom is 0.221 e. The van der Waals surface area contributed by atoms with Gasteiger partial charge in [-0.1, -0.05) is 30.3 Å². The number of amides is 1. The van der Waals surface area contributed by atoms with Crippen LogP contribution in [0.5, 0.6) is 17.2 Å². The molecule has 0 radical (unpaired) electrons. The first-order chi connectivity index (χ1) is 16.6. The number of imidazole rings is 1. The number of fused-ring (bicyclic) bond motifs is 1. The van der Waals surface area contributed by atoms with Gasteiger partial charge in [-0.15, -0.1) is 0 Å². The molecule has 0 aliphatic carbocycles. The second-order valence-corrected chi connectivity index (χ2v) is 7.90. The van der Waals surface area contributed by atoms with E-state index in [2.05, 4.69) is 10.3 Å². The Hall–Kier alpha value is -4.00. The third kappa shape index (κ3) is 4.98. The number of methoxy groups -OCH3 is 3. The van der Waals surface area contributed by atoms with Crippen molar-refractivity contribution >= 4 is 11.6 Å². The Morgan fingerprint density at radius 3 is 2.50 bits per heavy atom. The van der Waals surface area contributed by atoms with Gasteiger partial charge in [-0.3, -0.25) is 4.79 Å². The lowest BCUT2D eigenvalue weighted by Gasteiger charge is -2.20. The average molecular weight is 460 g/mol. The van der Waals surface area contributed by atoms with Gasteiger partial charge >= 0.3 is 0 Å². The van der Waals surface area contributed by atoms with E-state index in [1.54, 1.807) is 21.3 Å². The van der Waals surface area contributed by atoms with Crippen molar-refractivity contribution in [1.82, 2.24) is 14.7 Å². The van der Waals surface area contributed by atoms with E-state index in [1.807, 2.05) is 77.5 Å². The second kappa shape index (κ2) is 10.7. The van der Waals surface area contributed by atoms with Crippen molar-refractivity contribution in [3.05, 3.63) is 89.9 Å². The number of carbonyl (C=O) groups is 1. The third-order valence-corrected chi connectivity index (χ3v) is 5.89. The van der Waals surface area contributed by atoms with Crippen molar-refractivity contribution in [2.75, 3.05) is 27.9 Å². The summed E-state index contributed by atoms with van der Waals surface area (Å²) in [5.74, 6) is 1.85. The molecule has 34 heavy (non-hydrogen) atoms. The predicted octanol–water partition coefficient (Wildman–Crippen LogP) is 4.24. The van der Waals surface area contributed by atoms with Gasteiger partial charge in [0.15, 0.2) is 11.5 Å². The molecule has 2 aromatic heterocycles. The van der Waals surface area contributed by atoms with Crippen LogP contribution in [0.4, 0.5) is 0 Å². The van der Waals surface area contributed by atoms with E-state index in [1.165, 1.54) is 0 Å². The summed E-state index contributed by atoms with van der Waals surface area (Å²) >= 11 is 0. The topological polar surface area (TPSA) is 74.1 Å². The lowest BCUT2D eigenvalue weighted by Crippen LogP contribution is -2.27. The lowest BCUT2D eigenvalue weighted by molar-refractivity contribution is -0.121. The normalized spacial score (nSPS) is 11.7. The Kier molecular flexibility index (Phi) is 7.32. The number of ether oxygens (including phenoxy) is 3. The average Bonchev–Trinajstić information content (AvgIpc) is 3.31. The fraction of sp³-hybridized carbons (Fsp3) is 0.259. The van der Waals surface area contributed by atoms with Crippen LogP contribution in [0, 0.1) is 0 Å². The minimum Gasteiger partial charge on any atom is -0.496 e. The fourth-order valence-electron chi connectivity index (χ4n) is 4.18. The number of rotatable bonds is 10. The summed E-state index contributed by atoms with van der Waals surface area (Å²) in [7, 11) is 4.87. The van der Waals surface area contributed by atoms with Crippen LogP contribution in [-0.4, -0.2) is 43.2 Å². The number of nitrogens with zero attached hydrogens (tertiary/aromatic N) is 2. The standard InChI is InChI=1S/C27H29N3O4/c1-32-23-9-5-4-8-20(23)21(22-18-29-26-10-6-7-15-30(22)26)17-27(31)28-14-13-19-11-12-24(33-2)25(16-19)34-3/h4-12,15-16,18,21H,13-14,17H2,1-3H3,(H,28,31). The summed E-state index contributed by atoms with van der Waals surface area (Å²) < 4.78 is 18.3. The third-order valence-electron chi connectivity index (χ3n) is 5.89. The maximum atomic E-state index is 13.0. The Labute approximate surface area is 199 Å². The number of carbonyl (C=O) groups excluding carboxylic acids is 1. The van der Waals surface area contributed by atoms with Crippen molar-refractivity contribution < 1.29 is 19.0 Å². The van der Waals surface area contributed by atoms with Crippen molar-refractivity contribution in [2.24, 2.45) is 0 Å². The molecule has 0 fully saturated rings. The maximum absolute atomic E-state index is 13.0. The van der Waals surface area contributed by atoms with Gasteiger partial charge in [-0.05, 0) is 42.3 Å². The summed E-state index contributed by atoms with van der Waals surface area (Å²) in [6, 6.07) is 19.4. The van der Waals surface area contributed by atoms with Crippen LogP contribution in [0.25, 0.3) is 5.65 Å². The van der Waals surface area contributed by atoms with Gasteiger partial charge in [0.25, 0.3) is 0 Å². The van der Waals surface area contributed by atoms with Crippen molar-refractivity contribution in [2.45, 2.75) is 18.8 Å². The number of para-hydroxylation sites is 1. The van der Waals surface area contributed by atoms with Gasteiger partial charge in [0.1, 0.15) is 11.4 Å². The molecular weight excluding hydrogens is 430 g/mol. The summed E-state index contributed by atoms with van der Waals surface area (Å²) in [5.41, 5.74) is 3.79. The Balaban J connectivity index is 1.51. The molecule has 0 saturated heterocycles. The van der Waals surface area contributed by atoms with E-state index in [9.17, 15) is 4.79 Å². The van der Waals surface area contributed by atoms with E-state index in [0.717, 1.165) is 28.2 Å². The minimum atomic E-state index is -0.213. The summed E-state index contributed by atoms with van der Waals surface area (Å²) in [4.78, 5) is 17.6. The van der Waals surface area contributed by atoms with Crippen molar-refractivity contribution in [3.63, 3.8) is 0 Å². The molecule has 0 spiro atoms. The molecule has 1 N–H and O–H groups in total. The smallest absolute Gasteiger partial charge is 0.221 e. The SMILES string of the molecule is COc1ccc(CCNC(=O)CC(c2ccccc2OC)c2cnc3ccccn23)cc1OC. The van der Waals surface area contributed by atoms with Gasteiger partial charge in [0.05, 0.1) is 27.0 Å². The molecule has 176 valence electrons. The van der Waals surface area contributed by atoms with E-state index in [4.69, 9.17) is 14.2 Å². The highest BCUT2D eigenvalue weighted by atomic mass is 16.5. The molecule has 0 aliphatic rings. The zero-order chi connectivity index (χ0) is 23.9. The molecule has 2 aromatic carbocycles. The Bertz CT molecular complexity index is 1270. The number of aromatic nitrogens is 2. The number of hydrogen-bond donors (Lipinski definition) is 1. The van der Waals surface area contributed by atoms with E-state index in [-0.39, 0.29) is 18.2 Å². The zero-order valence-electron chi connectivity index (χ0n) is 19.7. The predicted molar refractivity (Wildman–Crippen MR) is 131 cm³/mol. The lowest BCUT2D eigenvalue weighted by atomic mass is 9.91. The molecule has 7 nitrogen and oxygen atoms in total. The van der Waals surface area contributed by atoms with Gasteiger partial charge in [0.2, 0.25) is 5.91 Å². The molecule has 1 amide bonds. The second-order valence-electron chi connectivity index (χ2n) is 7.90. The molecule has 4 rings (SSSR count). The van der Waals surface area contributed by atoms with Crippen LogP contribution in [0.2, 0.25) is 0 Å².